The van der Waals surface area contributed by atoms with E-state index in [-0.39, 0.29) is 10.8 Å². The number of pyridine rings is 2. The highest BCUT2D eigenvalue weighted by Crippen LogP contribution is 2.46. The topological polar surface area (TPSA) is 83.5 Å². The van der Waals surface area contributed by atoms with E-state index in [1.165, 1.54) is 6.42 Å². The maximum absolute atomic E-state index is 12.9. The number of piperidine rings is 1. The average molecular weight is 472 g/mol. The average Bonchev–Trinajstić information content (AvgIpc) is 3.26. The number of anilines is 1. The predicted molar refractivity (Wildman–Crippen MR) is 135 cm³/mol. The summed E-state index contributed by atoms with van der Waals surface area (Å²) in [5, 5.41) is 13.9. The molecule has 2 aliphatic rings. The number of rotatable bonds is 7. The van der Waals surface area contributed by atoms with Gasteiger partial charge in [-0.25, -0.2) is 9.50 Å². The number of fused-ring (bicyclic) bond motifs is 1. The maximum atomic E-state index is 12.9. The van der Waals surface area contributed by atoms with Crippen LogP contribution in [0.2, 0.25) is 0 Å². The molecule has 7 heteroatoms. The lowest BCUT2D eigenvalue weighted by Gasteiger charge is -2.43. The number of hydrogen-bond donors (Lipinski definition) is 0. The number of ether oxygens (including phenoxy) is 1. The molecule has 0 unspecified atom stereocenters. The van der Waals surface area contributed by atoms with E-state index in [1.807, 2.05) is 25.3 Å². The fourth-order valence-electron chi connectivity index (χ4n) is 5.42. The molecule has 2 fully saturated rings. The lowest BCUT2D eigenvalue weighted by atomic mass is 9.63. The standard InChI is InChI=1S/C28H33N5O2/c1-4-35-22-14-23(26-21(16-29)18-31-33(26)19-22)20-6-7-25(30-17-20)32-12-10-27(2,11-13-32)15-24(34)28(3)8-5-9-28/h6-7,14,17-19H,4-5,8-13,15H2,1-3H3. The number of nitriles is 1. The van der Waals surface area contributed by atoms with Crippen molar-refractivity contribution in [2.45, 2.75) is 59.3 Å². The number of carbonyl (C=O) groups is 1. The summed E-state index contributed by atoms with van der Waals surface area (Å²) < 4.78 is 7.42. The van der Waals surface area contributed by atoms with Gasteiger partial charge < -0.3 is 9.64 Å². The van der Waals surface area contributed by atoms with Crippen molar-refractivity contribution >= 4 is 17.1 Å². The second-order valence-electron chi connectivity index (χ2n) is 10.7. The molecule has 7 nitrogen and oxygen atoms in total. The number of hydrogen-bond acceptors (Lipinski definition) is 6. The third-order valence-electron chi connectivity index (χ3n) is 8.09. The van der Waals surface area contributed by atoms with Gasteiger partial charge in [-0.3, -0.25) is 4.79 Å². The van der Waals surface area contributed by atoms with E-state index in [2.05, 4.69) is 36.0 Å². The van der Waals surface area contributed by atoms with Gasteiger partial charge in [-0.1, -0.05) is 20.3 Å². The molecule has 182 valence electrons. The molecule has 0 N–H and O–H groups in total. The van der Waals surface area contributed by atoms with E-state index in [9.17, 15) is 10.1 Å². The fourth-order valence-corrected chi connectivity index (χ4v) is 5.42. The number of carbonyl (C=O) groups excluding carboxylic acids is 1. The summed E-state index contributed by atoms with van der Waals surface area (Å²) in [5.74, 6) is 2.10. The molecule has 0 spiro atoms. The lowest BCUT2D eigenvalue weighted by Crippen LogP contribution is -2.43. The molecule has 4 heterocycles. The third-order valence-corrected chi connectivity index (χ3v) is 8.09. The van der Waals surface area contributed by atoms with Crippen molar-refractivity contribution in [3.8, 4) is 22.9 Å². The Labute approximate surface area is 206 Å². The molecule has 0 aromatic carbocycles. The predicted octanol–water partition coefficient (Wildman–Crippen LogP) is 5.42. The molecule has 1 saturated heterocycles. The van der Waals surface area contributed by atoms with Crippen LogP contribution in [0, 0.1) is 22.2 Å². The number of ketones is 1. The summed E-state index contributed by atoms with van der Waals surface area (Å²) >= 11 is 0. The first-order valence-electron chi connectivity index (χ1n) is 12.6. The highest BCUT2D eigenvalue weighted by atomic mass is 16.5. The normalized spacial score (nSPS) is 18.6. The van der Waals surface area contributed by atoms with Gasteiger partial charge in [0.05, 0.1) is 30.1 Å². The van der Waals surface area contributed by atoms with Gasteiger partial charge in [-0.2, -0.15) is 10.4 Å². The van der Waals surface area contributed by atoms with Crippen LogP contribution in [0.4, 0.5) is 5.82 Å². The summed E-state index contributed by atoms with van der Waals surface area (Å²) in [4.78, 5) is 20.0. The monoisotopic (exact) mass is 471 g/mol. The van der Waals surface area contributed by atoms with E-state index in [0.717, 1.165) is 61.2 Å². The second-order valence-corrected chi connectivity index (χ2v) is 10.7. The molecule has 0 amide bonds. The largest absolute Gasteiger partial charge is 0.492 e. The Bertz CT molecular complexity index is 1280. The third kappa shape index (κ3) is 4.38. The molecule has 5 rings (SSSR count). The Kier molecular flexibility index (Phi) is 6.00. The summed E-state index contributed by atoms with van der Waals surface area (Å²) in [7, 11) is 0. The minimum Gasteiger partial charge on any atom is -0.492 e. The van der Waals surface area contributed by atoms with Crippen LogP contribution in [0.1, 0.15) is 64.9 Å². The second kappa shape index (κ2) is 8.99. The van der Waals surface area contributed by atoms with Crippen LogP contribution in [0.25, 0.3) is 16.6 Å². The Balaban J connectivity index is 1.32. The molecule has 1 aliphatic carbocycles. The van der Waals surface area contributed by atoms with Gasteiger partial charge in [0.1, 0.15) is 23.4 Å². The summed E-state index contributed by atoms with van der Waals surface area (Å²) in [5.41, 5.74) is 3.07. The Hall–Kier alpha value is -3.40. The van der Waals surface area contributed by atoms with E-state index < -0.39 is 0 Å². The van der Waals surface area contributed by atoms with Crippen molar-refractivity contribution in [3.05, 3.63) is 42.4 Å². The van der Waals surface area contributed by atoms with Crippen LogP contribution in [-0.4, -0.2) is 40.1 Å². The Morgan fingerprint density at radius 2 is 1.94 bits per heavy atom. The van der Waals surface area contributed by atoms with Crippen LogP contribution in [-0.2, 0) is 4.79 Å². The highest BCUT2D eigenvalue weighted by Gasteiger charge is 2.42. The Morgan fingerprint density at radius 3 is 2.54 bits per heavy atom. The van der Waals surface area contributed by atoms with Crippen molar-refractivity contribution in [3.63, 3.8) is 0 Å². The van der Waals surface area contributed by atoms with Gasteiger partial charge >= 0.3 is 0 Å². The highest BCUT2D eigenvalue weighted by molar-refractivity contribution is 5.86. The van der Waals surface area contributed by atoms with Crippen LogP contribution >= 0.6 is 0 Å². The molecule has 35 heavy (non-hydrogen) atoms. The van der Waals surface area contributed by atoms with Gasteiger partial charge in [0.25, 0.3) is 0 Å². The first kappa shape index (κ1) is 23.3. The fraction of sp³-hybridized carbons (Fsp3) is 0.500. The van der Waals surface area contributed by atoms with Crippen molar-refractivity contribution in [2.24, 2.45) is 10.8 Å². The van der Waals surface area contributed by atoms with Crippen LogP contribution in [0.5, 0.6) is 5.75 Å². The molecular weight excluding hydrogens is 438 g/mol. The zero-order chi connectivity index (χ0) is 24.6. The zero-order valence-electron chi connectivity index (χ0n) is 20.9. The van der Waals surface area contributed by atoms with E-state index in [0.29, 0.717) is 30.1 Å². The van der Waals surface area contributed by atoms with Gasteiger partial charge in [0, 0.05) is 42.2 Å². The van der Waals surface area contributed by atoms with E-state index >= 15 is 0 Å². The van der Waals surface area contributed by atoms with Crippen LogP contribution in [0.15, 0.2) is 36.8 Å². The first-order chi connectivity index (χ1) is 16.8. The molecule has 1 aliphatic heterocycles. The summed E-state index contributed by atoms with van der Waals surface area (Å²) in [6, 6.07) is 8.28. The van der Waals surface area contributed by atoms with Crippen LogP contribution in [0.3, 0.4) is 0 Å². The van der Waals surface area contributed by atoms with Gasteiger partial charge in [0.15, 0.2) is 0 Å². The Morgan fingerprint density at radius 1 is 1.17 bits per heavy atom. The quantitative estimate of drug-likeness (QED) is 0.457. The minimum atomic E-state index is -0.0661. The first-order valence-corrected chi connectivity index (χ1v) is 12.6. The number of aromatic nitrogens is 3. The van der Waals surface area contributed by atoms with Crippen molar-refractivity contribution in [2.75, 3.05) is 24.6 Å². The molecule has 0 radical (unpaired) electrons. The smallest absolute Gasteiger partial charge is 0.139 e. The molecule has 1 saturated carbocycles. The molecular formula is C28H33N5O2. The summed E-state index contributed by atoms with van der Waals surface area (Å²) in [6.45, 7) is 8.71. The van der Waals surface area contributed by atoms with Crippen LogP contribution < -0.4 is 9.64 Å². The maximum Gasteiger partial charge on any atom is 0.139 e. The SMILES string of the molecule is CCOc1cc(-c2ccc(N3CCC(C)(CC(=O)C4(C)CCC4)CC3)nc2)c2c(C#N)cnn2c1. The van der Waals surface area contributed by atoms with Crippen molar-refractivity contribution in [1.29, 1.82) is 5.26 Å². The van der Waals surface area contributed by atoms with Gasteiger partial charge in [0.2, 0.25) is 0 Å². The van der Waals surface area contributed by atoms with Crippen molar-refractivity contribution in [1.82, 2.24) is 14.6 Å². The van der Waals surface area contributed by atoms with Gasteiger partial charge in [-0.15, -0.1) is 0 Å². The molecule has 3 aromatic rings. The van der Waals surface area contributed by atoms with Gasteiger partial charge in [-0.05, 0) is 56.2 Å². The van der Waals surface area contributed by atoms with E-state index in [4.69, 9.17) is 9.72 Å². The number of nitrogens with zero attached hydrogens (tertiary/aromatic N) is 5. The number of Topliss-reactive ketones (excluding diaryl/α,β-unsaturated/α-hetero) is 1. The lowest BCUT2D eigenvalue weighted by molar-refractivity contribution is -0.134. The van der Waals surface area contributed by atoms with E-state index in [1.54, 1.807) is 16.9 Å². The molecule has 0 atom stereocenters. The molecule has 3 aromatic heterocycles. The molecule has 0 bridgehead atoms. The minimum absolute atomic E-state index is 0.0661. The zero-order valence-corrected chi connectivity index (χ0v) is 20.9. The summed E-state index contributed by atoms with van der Waals surface area (Å²) in [6.07, 6.45) is 11.2. The van der Waals surface area contributed by atoms with Crippen molar-refractivity contribution < 1.29 is 9.53 Å².